The van der Waals surface area contributed by atoms with Crippen molar-refractivity contribution in [2.24, 2.45) is 0 Å². The van der Waals surface area contributed by atoms with Crippen molar-refractivity contribution < 1.29 is 19.1 Å². The molecule has 0 aromatic heterocycles. The van der Waals surface area contributed by atoms with E-state index < -0.39 is 23.1 Å². The first-order valence-corrected chi connectivity index (χ1v) is 11.5. The van der Waals surface area contributed by atoms with Crippen molar-refractivity contribution in [3.8, 4) is 11.1 Å². The molecule has 4 nitrogen and oxygen atoms in total. The van der Waals surface area contributed by atoms with Gasteiger partial charge >= 0.3 is 11.9 Å². The summed E-state index contributed by atoms with van der Waals surface area (Å²) in [5, 5.41) is 3.74. The second-order valence-electron chi connectivity index (χ2n) is 10.4. The number of esters is 2. The van der Waals surface area contributed by atoms with E-state index >= 15 is 0 Å². The molecule has 4 aromatic rings. The topological polar surface area (TPSA) is 52.6 Å². The largest absolute Gasteiger partial charge is 0.456 e. The van der Waals surface area contributed by atoms with E-state index in [1.165, 1.54) is 0 Å². The number of rotatable bonds is 3. The van der Waals surface area contributed by atoms with Gasteiger partial charge in [-0.1, -0.05) is 66.7 Å². The quantitative estimate of drug-likeness (QED) is 0.300. The van der Waals surface area contributed by atoms with Crippen molar-refractivity contribution in [2.75, 3.05) is 0 Å². The number of carbonyl (C=O) groups excluding carboxylic acids is 2. The predicted octanol–water partition coefficient (Wildman–Crippen LogP) is 7.57. The van der Waals surface area contributed by atoms with Gasteiger partial charge in [0.25, 0.3) is 0 Å². The van der Waals surface area contributed by atoms with Gasteiger partial charge in [0.2, 0.25) is 0 Å². The summed E-state index contributed by atoms with van der Waals surface area (Å²) < 4.78 is 11.5. The van der Waals surface area contributed by atoms with E-state index in [0.717, 1.165) is 27.1 Å². The van der Waals surface area contributed by atoms with Gasteiger partial charge in [0.1, 0.15) is 11.2 Å². The zero-order chi connectivity index (χ0) is 24.7. The molecule has 0 N–H and O–H groups in total. The molecule has 34 heavy (non-hydrogen) atoms. The summed E-state index contributed by atoms with van der Waals surface area (Å²) in [5.41, 5.74) is 0.507. The molecule has 0 heterocycles. The molecule has 174 valence electrons. The predicted molar refractivity (Wildman–Crippen MR) is 137 cm³/mol. The summed E-state index contributed by atoms with van der Waals surface area (Å²) in [6, 6.07) is 23.5. The summed E-state index contributed by atoms with van der Waals surface area (Å²) in [4.78, 5) is 27.1. The highest BCUT2D eigenvalue weighted by Gasteiger charge is 2.31. The number of hydrogen-bond acceptors (Lipinski definition) is 4. The van der Waals surface area contributed by atoms with E-state index in [-0.39, 0.29) is 11.1 Å². The summed E-state index contributed by atoms with van der Waals surface area (Å²) in [6.45, 7) is 10.9. The molecule has 0 fully saturated rings. The maximum atomic E-state index is 13.7. The van der Waals surface area contributed by atoms with Gasteiger partial charge in [-0.05, 0) is 74.7 Å². The molecule has 4 heteroatoms. The first-order valence-electron chi connectivity index (χ1n) is 11.5. The van der Waals surface area contributed by atoms with Crippen LogP contribution in [0.25, 0.3) is 32.7 Å². The van der Waals surface area contributed by atoms with Gasteiger partial charge < -0.3 is 9.47 Å². The molecule has 0 aliphatic rings. The summed E-state index contributed by atoms with van der Waals surface area (Å²) in [5.74, 6) is -1.11. The number of ether oxygens (including phenoxy) is 2. The van der Waals surface area contributed by atoms with Crippen LogP contribution in [0.15, 0.2) is 72.8 Å². The Kier molecular flexibility index (Phi) is 5.94. The lowest BCUT2D eigenvalue weighted by atomic mass is 9.87. The Balaban J connectivity index is 2.13. The minimum Gasteiger partial charge on any atom is -0.456 e. The monoisotopic (exact) mass is 454 g/mol. The second kappa shape index (κ2) is 8.60. The highest BCUT2D eigenvalue weighted by Crippen LogP contribution is 2.39. The standard InChI is InChI=1S/C30H30O4/c1-29(2,3)33-27(31)24-18-20-13-8-10-16-22(20)25(26(24)28(32)34-30(4,5)6)23-17-11-14-19-12-7-9-15-21(19)23/h7-18H,1-6H3. The van der Waals surface area contributed by atoms with E-state index in [1.807, 2.05) is 108 Å². The van der Waals surface area contributed by atoms with Gasteiger partial charge in [0.05, 0.1) is 11.1 Å². The van der Waals surface area contributed by atoms with Gasteiger partial charge in [-0.25, -0.2) is 9.59 Å². The van der Waals surface area contributed by atoms with Crippen molar-refractivity contribution in [1.82, 2.24) is 0 Å². The molecule has 0 bridgehead atoms. The molecule has 0 aliphatic heterocycles. The number of benzene rings is 4. The van der Waals surface area contributed by atoms with Crippen LogP contribution in [0.1, 0.15) is 62.3 Å². The van der Waals surface area contributed by atoms with Crippen molar-refractivity contribution in [2.45, 2.75) is 52.7 Å². The van der Waals surface area contributed by atoms with Crippen LogP contribution in [0.3, 0.4) is 0 Å². The Labute approximate surface area is 200 Å². The smallest absolute Gasteiger partial charge is 0.340 e. The first kappa shape index (κ1) is 23.5. The first-order chi connectivity index (χ1) is 15.9. The highest BCUT2D eigenvalue weighted by atomic mass is 16.6. The third-order valence-electron chi connectivity index (χ3n) is 5.33. The van der Waals surface area contributed by atoms with E-state index in [1.54, 1.807) is 6.07 Å². The van der Waals surface area contributed by atoms with E-state index in [4.69, 9.17) is 9.47 Å². The fourth-order valence-electron chi connectivity index (χ4n) is 4.11. The molecule has 0 aliphatic carbocycles. The van der Waals surface area contributed by atoms with Crippen LogP contribution in [-0.4, -0.2) is 23.1 Å². The molecular weight excluding hydrogens is 424 g/mol. The third-order valence-corrected chi connectivity index (χ3v) is 5.33. The molecule has 0 amide bonds. The van der Waals surface area contributed by atoms with Crippen molar-refractivity contribution in [3.63, 3.8) is 0 Å². The molecule has 0 spiro atoms. The molecule has 0 saturated heterocycles. The maximum Gasteiger partial charge on any atom is 0.340 e. The lowest BCUT2D eigenvalue weighted by Crippen LogP contribution is -2.28. The van der Waals surface area contributed by atoms with Crippen LogP contribution in [0.4, 0.5) is 0 Å². The fraction of sp³-hybridized carbons (Fsp3) is 0.267. The minimum absolute atomic E-state index is 0.200. The summed E-state index contributed by atoms with van der Waals surface area (Å²) in [6.07, 6.45) is 0. The van der Waals surface area contributed by atoms with Crippen LogP contribution in [-0.2, 0) is 9.47 Å². The Morgan fingerprint density at radius 1 is 0.618 bits per heavy atom. The van der Waals surface area contributed by atoms with Crippen molar-refractivity contribution >= 4 is 33.5 Å². The van der Waals surface area contributed by atoms with Crippen LogP contribution in [0, 0.1) is 0 Å². The van der Waals surface area contributed by atoms with E-state index in [9.17, 15) is 9.59 Å². The summed E-state index contributed by atoms with van der Waals surface area (Å²) in [7, 11) is 0. The molecule has 4 rings (SSSR count). The lowest BCUT2D eigenvalue weighted by molar-refractivity contribution is 0.00197. The Bertz CT molecular complexity index is 1400. The van der Waals surface area contributed by atoms with Gasteiger partial charge in [0, 0.05) is 5.56 Å². The maximum absolute atomic E-state index is 13.7. The van der Waals surface area contributed by atoms with Crippen LogP contribution in [0.2, 0.25) is 0 Å². The molecule has 0 unspecified atom stereocenters. The van der Waals surface area contributed by atoms with Crippen LogP contribution in [0.5, 0.6) is 0 Å². The Morgan fingerprint density at radius 2 is 1.15 bits per heavy atom. The Morgan fingerprint density at radius 3 is 1.79 bits per heavy atom. The molecule has 4 aromatic carbocycles. The van der Waals surface area contributed by atoms with Gasteiger partial charge in [-0.2, -0.15) is 0 Å². The van der Waals surface area contributed by atoms with Crippen molar-refractivity contribution in [1.29, 1.82) is 0 Å². The molecule has 0 saturated carbocycles. The van der Waals surface area contributed by atoms with Gasteiger partial charge in [-0.15, -0.1) is 0 Å². The Hall–Kier alpha value is -3.66. The highest BCUT2D eigenvalue weighted by molar-refractivity contribution is 6.18. The molecule has 0 radical (unpaired) electrons. The van der Waals surface area contributed by atoms with Crippen LogP contribution >= 0.6 is 0 Å². The number of hydrogen-bond donors (Lipinski definition) is 0. The zero-order valence-electron chi connectivity index (χ0n) is 20.6. The average Bonchev–Trinajstić information content (AvgIpc) is 2.75. The van der Waals surface area contributed by atoms with E-state index in [0.29, 0.717) is 5.56 Å². The normalized spacial score (nSPS) is 12.1. The summed E-state index contributed by atoms with van der Waals surface area (Å²) >= 11 is 0. The fourth-order valence-corrected chi connectivity index (χ4v) is 4.11. The van der Waals surface area contributed by atoms with Gasteiger partial charge in [-0.3, -0.25) is 0 Å². The molecular formula is C30H30O4. The zero-order valence-corrected chi connectivity index (χ0v) is 20.6. The average molecular weight is 455 g/mol. The van der Waals surface area contributed by atoms with Gasteiger partial charge in [0.15, 0.2) is 0 Å². The molecule has 0 atom stereocenters. The lowest BCUT2D eigenvalue weighted by Gasteiger charge is -2.25. The number of fused-ring (bicyclic) bond motifs is 2. The third kappa shape index (κ3) is 4.81. The van der Waals surface area contributed by atoms with Crippen LogP contribution < -0.4 is 0 Å². The minimum atomic E-state index is -0.732. The number of carbonyl (C=O) groups is 2. The van der Waals surface area contributed by atoms with Crippen molar-refractivity contribution in [3.05, 3.63) is 83.9 Å². The second-order valence-corrected chi connectivity index (χ2v) is 10.4. The van der Waals surface area contributed by atoms with E-state index in [2.05, 4.69) is 0 Å². The SMILES string of the molecule is CC(C)(C)OC(=O)c1cc2ccccc2c(-c2cccc3ccccc23)c1C(=O)OC(C)(C)C.